The Morgan fingerprint density at radius 1 is 1.00 bits per heavy atom. The summed E-state index contributed by atoms with van der Waals surface area (Å²) in [6, 6.07) is 6.11. The first kappa shape index (κ1) is 19.4. The quantitative estimate of drug-likeness (QED) is 0.707. The average molecular weight is 384 g/mol. The number of aryl methyl sites for hydroxylation is 2. The average Bonchev–Trinajstić information content (AvgIpc) is 2.65. The highest BCUT2D eigenvalue weighted by Gasteiger charge is 2.48. The summed E-state index contributed by atoms with van der Waals surface area (Å²) >= 11 is 0. The fourth-order valence-corrected chi connectivity index (χ4v) is 6.08. The molecule has 1 aromatic carbocycles. The molecule has 4 bridgehead atoms. The molecule has 4 saturated carbocycles. The van der Waals surface area contributed by atoms with Crippen molar-refractivity contribution in [2.45, 2.75) is 65.0 Å². The molecule has 0 aromatic heterocycles. The molecular weight excluding hydrogens is 350 g/mol. The van der Waals surface area contributed by atoms with Gasteiger partial charge < -0.3 is 16.0 Å². The number of anilines is 1. The van der Waals surface area contributed by atoms with E-state index in [9.17, 15) is 9.59 Å². The predicted molar refractivity (Wildman–Crippen MR) is 111 cm³/mol. The maximum absolute atomic E-state index is 12.5. The molecule has 2 amide bonds. The number of benzene rings is 1. The smallest absolute Gasteiger partial charge is 0.243 e. The molecule has 0 heterocycles. The Labute approximate surface area is 168 Å². The Balaban J connectivity index is 1.26. The zero-order chi connectivity index (χ0) is 19.8. The first-order valence-electron chi connectivity index (χ1n) is 10.8. The molecule has 3 N–H and O–H groups in total. The van der Waals surface area contributed by atoms with Crippen molar-refractivity contribution >= 4 is 17.5 Å². The first-order valence-corrected chi connectivity index (χ1v) is 10.8. The third-order valence-corrected chi connectivity index (χ3v) is 7.23. The molecule has 0 spiro atoms. The summed E-state index contributed by atoms with van der Waals surface area (Å²) in [7, 11) is 0. The van der Waals surface area contributed by atoms with Gasteiger partial charge in [-0.1, -0.05) is 18.2 Å². The zero-order valence-electron chi connectivity index (χ0n) is 17.3. The van der Waals surface area contributed by atoms with Crippen LogP contribution in [0.25, 0.3) is 0 Å². The van der Waals surface area contributed by atoms with Crippen molar-refractivity contribution in [3.05, 3.63) is 29.3 Å². The van der Waals surface area contributed by atoms with Crippen molar-refractivity contribution in [1.29, 1.82) is 0 Å². The topological polar surface area (TPSA) is 70.2 Å². The standard InChI is InChI=1S/C23H33N3O2/c1-13-5-4-6-14(2)21(13)26-20(27)12-24-23(28)15(3)25-22-18-8-16-7-17(10-18)11-19(22)9-16/h4-6,15-19,22,25H,7-12H2,1-3H3,(H,24,28)(H,26,27)/t15-,16?,17?,18?,19?,22?/m1/s1. The maximum Gasteiger partial charge on any atom is 0.243 e. The van der Waals surface area contributed by atoms with E-state index in [1.165, 1.54) is 32.1 Å². The Morgan fingerprint density at radius 3 is 2.14 bits per heavy atom. The van der Waals surface area contributed by atoms with Gasteiger partial charge in [-0.25, -0.2) is 0 Å². The largest absolute Gasteiger partial charge is 0.346 e. The highest BCUT2D eigenvalue weighted by Crippen LogP contribution is 2.53. The number of rotatable bonds is 6. The lowest BCUT2D eigenvalue weighted by molar-refractivity contribution is -0.126. The number of carbonyl (C=O) groups is 2. The summed E-state index contributed by atoms with van der Waals surface area (Å²) in [5, 5.41) is 9.33. The number of hydrogen-bond donors (Lipinski definition) is 3. The fourth-order valence-electron chi connectivity index (χ4n) is 6.08. The van der Waals surface area contributed by atoms with Crippen LogP contribution in [0.15, 0.2) is 18.2 Å². The monoisotopic (exact) mass is 383 g/mol. The summed E-state index contributed by atoms with van der Waals surface area (Å²) in [5.74, 6) is 3.05. The lowest BCUT2D eigenvalue weighted by Crippen LogP contribution is -2.58. The van der Waals surface area contributed by atoms with Crippen molar-refractivity contribution < 1.29 is 9.59 Å². The van der Waals surface area contributed by atoms with Gasteiger partial charge >= 0.3 is 0 Å². The molecule has 5 rings (SSSR count). The van der Waals surface area contributed by atoms with Crippen molar-refractivity contribution in [2.75, 3.05) is 11.9 Å². The van der Waals surface area contributed by atoms with Gasteiger partial charge in [0.05, 0.1) is 12.6 Å². The van der Waals surface area contributed by atoms with Crippen LogP contribution >= 0.6 is 0 Å². The fraction of sp³-hybridized carbons (Fsp3) is 0.652. The Morgan fingerprint density at radius 2 is 1.57 bits per heavy atom. The molecule has 152 valence electrons. The highest BCUT2D eigenvalue weighted by atomic mass is 16.2. The Bertz CT molecular complexity index is 712. The molecule has 5 nitrogen and oxygen atoms in total. The van der Waals surface area contributed by atoms with Gasteiger partial charge in [0.25, 0.3) is 0 Å². The van der Waals surface area contributed by atoms with Crippen LogP contribution in [0.5, 0.6) is 0 Å². The van der Waals surface area contributed by atoms with E-state index in [1.807, 2.05) is 39.0 Å². The lowest BCUT2D eigenvalue weighted by atomic mass is 9.54. The summed E-state index contributed by atoms with van der Waals surface area (Å²) in [6.45, 7) is 5.86. The molecule has 28 heavy (non-hydrogen) atoms. The molecule has 4 aliphatic carbocycles. The van der Waals surface area contributed by atoms with E-state index in [0.29, 0.717) is 6.04 Å². The van der Waals surface area contributed by atoms with Gasteiger partial charge in [-0.15, -0.1) is 0 Å². The predicted octanol–water partition coefficient (Wildman–Crippen LogP) is 3.16. The molecule has 0 saturated heterocycles. The number of para-hydroxylation sites is 1. The molecule has 0 radical (unpaired) electrons. The van der Waals surface area contributed by atoms with Crippen molar-refractivity contribution in [3.8, 4) is 0 Å². The van der Waals surface area contributed by atoms with Gasteiger partial charge in [0.2, 0.25) is 11.8 Å². The minimum Gasteiger partial charge on any atom is -0.346 e. The zero-order valence-corrected chi connectivity index (χ0v) is 17.3. The molecule has 4 fully saturated rings. The van der Waals surface area contributed by atoms with Crippen LogP contribution in [-0.4, -0.2) is 30.4 Å². The van der Waals surface area contributed by atoms with E-state index in [1.54, 1.807) is 0 Å². The van der Waals surface area contributed by atoms with E-state index in [4.69, 9.17) is 0 Å². The Hall–Kier alpha value is -1.88. The van der Waals surface area contributed by atoms with Gasteiger partial charge in [-0.3, -0.25) is 9.59 Å². The van der Waals surface area contributed by atoms with Gasteiger partial charge in [0, 0.05) is 11.7 Å². The molecule has 1 atom stereocenters. The van der Waals surface area contributed by atoms with Crippen molar-refractivity contribution in [3.63, 3.8) is 0 Å². The first-order chi connectivity index (χ1) is 13.4. The van der Waals surface area contributed by atoms with Gasteiger partial charge in [-0.2, -0.15) is 0 Å². The second kappa shape index (κ2) is 7.86. The highest BCUT2D eigenvalue weighted by molar-refractivity contribution is 5.96. The second-order valence-corrected chi connectivity index (χ2v) is 9.38. The normalized spacial score (nSPS) is 31.5. The minimum atomic E-state index is -0.268. The van der Waals surface area contributed by atoms with Gasteiger partial charge in [0.15, 0.2) is 0 Å². The van der Waals surface area contributed by atoms with Crippen LogP contribution in [0.2, 0.25) is 0 Å². The molecule has 4 aliphatic rings. The third kappa shape index (κ3) is 3.95. The van der Waals surface area contributed by atoms with E-state index >= 15 is 0 Å². The summed E-state index contributed by atoms with van der Waals surface area (Å²) in [4.78, 5) is 24.8. The maximum atomic E-state index is 12.5. The Kier molecular flexibility index (Phi) is 5.46. The minimum absolute atomic E-state index is 0.000297. The molecule has 0 unspecified atom stereocenters. The molecular formula is C23H33N3O2. The number of carbonyl (C=O) groups excluding carboxylic acids is 2. The SMILES string of the molecule is Cc1cccc(C)c1NC(=O)CNC(=O)[C@@H](C)NC1C2CC3CC(C2)CC1C3. The molecule has 0 aliphatic heterocycles. The van der Waals surface area contributed by atoms with E-state index in [-0.39, 0.29) is 24.4 Å². The van der Waals surface area contributed by atoms with Crippen LogP contribution in [0.4, 0.5) is 5.69 Å². The second-order valence-electron chi connectivity index (χ2n) is 9.38. The summed E-state index contributed by atoms with van der Waals surface area (Å²) < 4.78 is 0. The van der Waals surface area contributed by atoms with Gasteiger partial charge in [0.1, 0.15) is 0 Å². The van der Waals surface area contributed by atoms with Gasteiger partial charge in [-0.05, 0) is 87.7 Å². The van der Waals surface area contributed by atoms with Crippen LogP contribution in [-0.2, 0) is 9.59 Å². The molecule has 1 aromatic rings. The van der Waals surface area contributed by atoms with E-state index in [2.05, 4.69) is 16.0 Å². The van der Waals surface area contributed by atoms with Crippen molar-refractivity contribution in [2.24, 2.45) is 23.7 Å². The van der Waals surface area contributed by atoms with Crippen molar-refractivity contribution in [1.82, 2.24) is 10.6 Å². The lowest BCUT2D eigenvalue weighted by Gasteiger charge is -2.55. The number of amides is 2. The van der Waals surface area contributed by atoms with Crippen LogP contribution in [0.3, 0.4) is 0 Å². The summed E-state index contributed by atoms with van der Waals surface area (Å²) in [5.41, 5.74) is 2.88. The third-order valence-electron chi connectivity index (χ3n) is 7.23. The number of hydrogen-bond acceptors (Lipinski definition) is 3. The number of nitrogens with one attached hydrogen (secondary N) is 3. The van der Waals surface area contributed by atoms with Crippen LogP contribution < -0.4 is 16.0 Å². The van der Waals surface area contributed by atoms with Crippen LogP contribution in [0.1, 0.15) is 50.2 Å². The summed E-state index contributed by atoms with van der Waals surface area (Å²) in [6.07, 6.45) is 6.76. The van der Waals surface area contributed by atoms with Crippen LogP contribution in [0, 0.1) is 37.5 Å². The van der Waals surface area contributed by atoms with E-state index in [0.717, 1.165) is 40.5 Å². The molecule has 5 heteroatoms. The van der Waals surface area contributed by atoms with E-state index < -0.39 is 0 Å².